The van der Waals surface area contributed by atoms with Crippen molar-refractivity contribution < 1.29 is 9.53 Å². The first-order valence-electron chi connectivity index (χ1n) is 3.73. The molecule has 0 saturated heterocycles. The fourth-order valence-electron chi connectivity index (χ4n) is 1.16. The monoisotopic (exact) mass is 180 g/mol. The Labute approximate surface area is 74.5 Å². The van der Waals surface area contributed by atoms with Gasteiger partial charge in [0.05, 0.1) is 12.7 Å². The van der Waals surface area contributed by atoms with Gasteiger partial charge in [0.25, 0.3) is 0 Å². The van der Waals surface area contributed by atoms with Crippen LogP contribution in [0.25, 0.3) is 0 Å². The summed E-state index contributed by atoms with van der Waals surface area (Å²) >= 11 is 1.62. The molecule has 3 heteroatoms. The van der Waals surface area contributed by atoms with Crippen molar-refractivity contribution in [3.05, 3.63) is 34.7 Å². The fourth-order valence-corrected chi connectivity index (χ4v) is 1.87. The molecule has 2 nitrogen and oxygen atoms in total. The van der Waals surface area contributed by atoms with Crippen LogP contribution in [0.3, 0.4) is 0 Å². The van der Waals surface area contributed by atoms with Crippen molar-refractivity contribution in [1.82, 2.24) is 0 Å². The second-order valence-corrected chi connectivity index (χ2v) is 3.43. The zero-order chi connectivity index (χ0) is 8.39. The van der Waals surface area contributed by atoms with Gasteiger partial charge in [-0.05, 0) is 16.8 Å². The molecule has 1 aromatic rings. The minimum Gasteiger partial charge on any atom is -0.493 e. The molecule has 2 heterocycles. The molecule has 0 fully saturated rings. The van der Waals surface area contributed by atoms with Crippen molar-refractivity contribution in [2.45, 2.75) is 12.5 Å². The van der Waals surface area contributed by atoms with Crippen LogP contribution in [0.1, 0.15) is 18.1 Å². The Morgan fingerprint density at radius 2 is 2.50 bits per heavy atom. The van der Waals surface area contributed by atoms with Crippen molar-refractivity contribution in [2.24, 2.45) is 0 Å². The van der Waals surface area contributed by atoms with Gasteiger partial charge in [-0.25, -0.2) is 0 Å². The molecule has 0 bridgehead atoms. The first-order valence-corrected chi connectivity index (χ1v) is 4.67. The molecule has 0 aromatic carbocycles. The molecule has 0 N–H and O–H groups in total. The molecular formula is C9H8O2S. The Morgan fingerprint density at radius 1 is 1.58 bits per heavy atom. The zero-order valence-corrected chi connectivity index (χ0v) is 7.21. The molecule has 0 spiro atoms. The molecular weight excluding hydrogens is 172 g/mol. The van der Waals surface area contributed by atoms with Crippen LogP contribution in [0, 0.1) is 0 Å². The van der Waals surface area contributed by atoms with Crippen molar-refractivity contribution >= 4 is 17.1 Å². The van der Waals surface area contributed by atoms with Gasteiger partial charge in [-0.3, -0.25) is 4.79 Å². The Kier molecular flexibility index (Phi) is 1.96. The summed E-state index contributed by atoms with van der Waals surface area (Å²) in [6.07, 6.45) is 3.36. The molecule has 0 aliphatic carbocycles. The Morgan fingerprint density at radius 3 is 3.17 bits per heavy atom. The molecule has 1 atom stereocenters. The molecule has 0 radical (unpaired) electrons. The van der Waals surface area contributed by atoms with Gasteiger partial charge in [-0.1, -0.05) is 0 Å². The standard InChI is InChI=1S/C9H8O2S/c10-8-1-3-11-9(5-8)7-2-4-12-6-7/h1-4,6,9H,5H2. The summed E-state index contributed by atoms with van der Waals surface area (Å²) in [6, 6.07) is 1.99. The van der Waals surface area contributed by atoms with Crippen LogP contribution in [-0.2, 0) is 9.53 Å². The van der Waals surface area contributed by atoms with Crippen molar-refractivity contribution in [1.29, 1.82) is 0 Å². The lowest BCUT2D eigenvalue weighted by Crippen LogP contribution is -2.10. The molecule has 1 aromatic heterocycles. The minimum absolute atomic E-state index is 0.0613. The second kappa shape index (κ2) is 3.11. The van der Waals surface area contributed by atoms with Crippen LogP contribution in [0.15, 0.2) is 29.2 Å². The molecule has 2 rings (SSSR count). The quantitative estimate of drug-likeness (QED) is 0.662. The van der Waals surface area contributed by atoms with Gasteiger partial charge >= 0.3 is 0 Å². The molecule has 1 unspecified atom stereocenters. The summed E-state index contributed by atoms with van der Waals surface area (Å²) < 4.78 is 5.30. The number of rotatable bonds is 1. The number of hydrogen-bond donors (Lipinski definition) is 0. The minimum atomic E-state index is -0.0613. The van der Waals surface area contributed by atoms with E-state index in [1.54, 1.807) is 11.3 Å². The predicted octanol–water partition coefficient (Wildman–Crippen LogP) is 2.29. The van der Waals surface area contributed by atoms with E-state index < -0.39 is 0 Å². The van der Waals surface area contributed by atoms with Crippen molar-refractivity contribution in [2.75, 3.05) is 0 Å². The maximum atomic E-state index is 11.0. The number of carbonyl (C=O) groups excluding carboxylic acids is 1. The Hall–Kier alpha value is -1.09. The summed E-state index contributed by atoms with van der Waals surface area (Å²) in [7, 11) is 0. The van der Waals surface area contributed by atoms with E-state index in [4.69, 9.17) is 4.74 Å². The highest BCUT2D eigenvalue weighted by atomic mass is 32.1. The van der Waals surface area contributed by atoms with Gasteiger partial charge in [-0.15, -0.1) is 0 Å². The lowest BCUT2D eigenvalue weighted by Gasteiger charge is -2.16. The lowest BCUT2D eigenvalue weighted by molar-refractivity contribution is -0.118. The lowest BCUT2D eigenvalue weighted by atomic mass is 10.1. The van der Waals surface area contributed by atoms with Crippen LogP contribution >= 0.6 is 11.3 Å². The zero-order valence-electron chi connectivity index (χ0n) is 6.40. The van der Waals surface area contributed by atoms with E-state index in [1.165, 1.54) is 12.3 Å². The van der Waals surface area contributed by atoms with Crippen LogP contribution in [0.5, 0.6) is 0 Å². The molecule has 0 saturated carbocycles. The SMILES string of the molecule is O=C1C=COC(c2ccsc2)C1. The molecule has 0 amide bonds. The Balaban J connectivity index is 2.17. The highest BCUT2D eigenvalue weighted by molar-refractivity contribution is 7.07. The van der Waals surface area contributed by atoms with Crippen molar-refractivity contribution in [3.63, 3.8) is 0 Å². The van der Waals surface area contributed by atoms with Crippen LogP contribution in [-0.4, -0.2) is 5.78 Å². The number of allylic oxidation sites excluding steroid dienone is 1. The largest absolute Gasteiger partial charge is 0.493 e. The van der Waals surface area contributed by atoms with E-state index >= 15 is 0 Å². The molecule has 1 aliphatic heterocycles. The summed E-state index contributed by atoms with van der Waals surface area (Å²) in [5.74, 6) is 0.137. The summed E-state index contributed by atoms with van der Waals surface area (Å²) in [6.45, 7) is 0. The summed E-state index contributed by atoms with van der Waals surface area (Å²) in [5.41, 5.74) is 1.10. The number of thiophene rings is 1. The van der Waals surface area contributed by atoms with E-state index in [0.717, 1.165) is 5.56 Å². The van der Waals surface area contributed by atoms with Gasteiger partial charge < -0.3 is 4.74 Å². The number of ether oxygens (including phenoxy) is 1. The number of ketones is 1. The third-order valence-electron chi connectivity index (χ3n) is 1.80. The maximum absolute atomic E-state index is 11.0. The first kappa shape index (κ1) is 7.55. The topological polar surface area (TPSA) is 26.3 Å². The molecule has 62 valence electrons. The normalized spacial score (nSPS) is 22.3. The van der Waals surface area contributed by atoms with E-state index in [9.17, 15) is 4.79 Å². The maximum Gasteiger partial charge on any atom is 0.162 e. The summed E-state index contributed by atoms with van der Waals surface area (Å²) in [5, 5.41) is 4.00. The third kappa shape index (κ3) is 1.41. The van der Waals surface area contributed by atoms with Gasteiger partial charge in [0.15, 0.2) is 5.78 Å². The second-order valence-electron chi connectivity index (χ2n) is 2.65. The van der Waals surface area contributed by atoms with Gasteiger partial charge in [0.1, 0.15) is 6.10 Å². The Bertz CT molecular complexity index is 300. The van der Waals surface area contributed by atoms with Crippen LogP contribution in [0.2, 0.25) is 0 Å². The highest BCUT2D eigenvalue weighted by Gasteiger charge is 2.18. The van der Waals surface area contributed by atoms with Crippen molar-refractivity contribution in [3.8, 4) is 0 Å². The third-order valence-corrected chi connectivity index (χ3v) is 2.50. The van der Waals surface area contributed by atoms with E-state index in [-0.39, 0.29) is 11.9 Å². The van der Waals surface area contributed by atoms with Gasteiger partial charge in [-0.2, -0.15) is 11.3 Å². The summed E-state index contributed by atoms with van der Waals surface area (Å²) in [4.78, 5) is 11.0. The highest BCUT2D eigenvalue weighted by Crippen LogP contribution is 2.26. The van der Waals surface area contributed by atoms with Crippen LogP contribution < -0.4 is 0 Å². The average Bonchev–Trinajstić information content (AvgIpc) is 2.56. The van der Waals surface area contributed by atoms with Crippen LogP contribution in [0.4, 0.5) is 0 Å². The van der Waals surface area contributed by atoms with Gasteiger partial charge in [0.2, 0.25) is 0 Å². The first-order chi connectivity index (χ1) is 5.86. The van der Waals surface area contributed by atoms with E-state index in [1.807, 2.05) is 16.8 Å². The van der Waals surface area contributed by atoms with E-state index in [0.29, 0.717) is 6.42 Å². The van der Waals surface area contributed by atoms with E-state index in [2.05, 4.69) is 0 Å². The average molecular weight is 180 g/mol. The number of carbonyl (C=O) groups is 1. The molecule has 12 heavy (non-hydrogen) atoms. The molecule has 1 aliphatic rings. The number of hydrogen-bond acceptors (Lipinski definition) is 3. The fraction of sp³-hybridized carbons (Fsp3) is 0.222. The van der Waals surface area contributed by atoms with Gasteiger partial charge in [0, 0.05) is 11.6 Å². The smallest absolute Gasteiger partial charge is 0.162 e. The predicted molar refractivity (Wildman–Crippen MR) is 46.9 cm³/mol.